The van der Waals surface area contributed by atoms with Gasteiger partial charge in [-0.15, -0.1) is 0 Å². The fourth-order valence-electron chi connectivity index (χ4n) is 8.45. The summed E-state index contributed by atoms with van der Waals surface area (Å²) in [5, 5.41) is 15.3. The fraction of sp³-hybridized carbons (Fsp3) is 0.522. The number of halogens is 2. The average Bonchev–Trinajstić information content (AvgIpc) is 3.64. The molecule has 1 saturated heterocycles. The number of hydrazone groups is 1. The van der Waals surface area contributed by atoms with Crippen LogP contribution in [0.1, 0.15) is 82.1 Å². The number of benzene rings is 2. The van der Waals surface area contributed by atoms with Crippen LogP contribution in [0.3, 0.4) is 0 Å². The van der Waals surface area contributed by atoms with E-state index in [1.807, 2.05) is 81.4 Å². The van der Waals surface area contributed by atoms with Crippen molar-refractivity contribution in [3.63, 3.8) is 0 Å². The monoisotopic (exact) mass is 843 g/mol. The number of alkyl halides is 2. The van der Waals surface area contributed by atoms with E-state index in [4.69, 9.17) is 35.3 Å². The maximum Gasteiger partial charge on any atom is 0.250 e. The molecule has 328 valence electrons. The highest BCUT2D eigenvalue weighted by Gasteiger charge is 2.42. The number of fused-ring (bicyclic) bond motifs is 6. The van der Waals surface area contributed by atoms with Gasteiger partial charge in [0.05, 0.1) is 61.9 Å². The lowest BCUT2D eigenvalue weighted by Gasteiger charge is -2.32. The Morgan fingerprint density at radius 1 is 0.918 bits per heavy atom. The summed E-state index contributed by atoms with van der Waals surface area (Å²) in [7, 11) is 0. The van der Waals surface area contributed by atoms with Crippen LogP contribution >= 0.6 is 0 Å². The summed E-state index contributed by atoms with van der Waals surface area (Å²) in [5.74, 6) is 4.46. The Morgan fingerprint density at radius 3 is 2.07 bits per heavy atom. The van der Waals surface area contributed by atoms with E-state index in [1.165, 1.54) is 11.1 Å². The first kappa shape index (κ1) is 44.1. The Hall–Kier alpha value is -4.96. The lowest BCUT2D eigenvalue weighted by Crippen LogP contribution is -2.37. The predicted molar refractivity (Wildman–Crippen MR) is 232 cm³/mol. The third-order valence-electron chi connectivity index (χ3n) is 11.9. The van der Waals surface area contributed by atoms with Crippen LogP contribution in [-0.4, -0.2) is 101 Å². The molecule has 13 nitrogen and oxygen atoms in total. The van der Waals surface area contributed by atoms with Crippen molar-refractivity contribution in [2.75, 3.05) is 26.4 Å². The molecule has 0 bridgehead atoms. The molecule has 2 aromatic carbocycles. The molecule has 3 aliphatic heterocycles. The van der Waals surface area contributed by atoms with Gasteiger partial charge in [-0.2, -0.15) is 5.10 Å². The van der Waals surface area contributed by atoms with E-state index in [9.17, 15) is 13.9 Å². The van der Waals surface area contributed by atoms with E-state index in [2.05, 4.69) is 20.1 Å². The summed E-state index contributed by atoms with van der Waals surface area (Å²) in [6.45, 7) is 11.0. The van der Waals surface area contributed by atoms with Crippen molar-refractivity contribution in [1.82, 2.24) is 14.9 Å². The topological polar surface area (TPSA) is 172 Å². The van der Waals surface area contributed by atoms with Gasteiger partial charge in [0.2, 0.25) is 5.92 Å². The summed E-state index contributed by atoms with van der Waals surface area (Å²) < 4.78 is 56.3. The van der Waals surface area contributed by atoms with Crippen molar-refractivity contribution in [3.05, 3.63) is 82.9 Å². The molecule has 4 aliphatic rings. The van der Waals surface area contributed by atoms with Crippen molar-refractivity contribution in [3.8, 4) is 11.5 Å². The van der Waals surface area contributed by atoms with Crippen LogP contribution in [0.25, 0.3) is 21.8 Å². The largest absolute Gasteiger partial charge is 0.484 e. The second kappa shape index (κ2) is 19.8. The summed E-state index contributed by atoms with van der Waals surface area (Å²) in [4.78, 5) is 15.6. The summed E-state index contributed by atoms with van der Waals surface area (Å²) in [5.41, 5.74) is 14.1. The lowest BCUT2D eigenvalue weighted by molar-refractivity contribution is -0.0233. The highest BCUT2D eigenvalue weighted by molar-refractivity contribution is 6.32. The van der Waals surface area contributed by atoms with Crippen molar-refractivity contribution < 1.29 is 37.6 Å². The maximum absolute atomic E-state index is 13.7. The second-order valence-electron chi connectivity index (χ2n) is 16.6. The minimum Gasteiger partial charge on any atom is -0.484 e. The first-order valence-electron chi connectivity index (χ1n) is 21.4. The number of hydrogen-bond acceptors (Lipinski definition) is 13. The van der Waals surface area contributed by atoms with Crippen molar-refractivity contribution in [2.45, 2.75) is 128 Å². The van der Waals surface area contributed by atoms with Crippen LogP contribution in [0.15, 0.2) is 70.8 Å². The molecule has 2 fully saturated rings. The molecule has 5 heterocycles. The molecular weight excluding hydrogens is 785 g/mol. The number of aliphatic hydroxyl groups is 1. The Bertz CT molecular complexity index is 2240. The zero-order valence-electron chi connectivity index (χ0n) is 35.6. The molecule has 0 spiro atoms. The van der Waals surface area contributed by atoms with Crippen LogP contribution in [0.4, 0.5) is 8.78 Å². The van der Waals surface area contributed by atoms with Gasteiger partial charge < -0.3 is 45.3 Å². The van der Waals surface area contributed by atoms with E-state index < -0.39 is 12.0 Å². The molecule has 0 radical (unpaired) electrons. The van der Waals surface area contributed by atoms with E-state index in [0.29, 0.717) is 56.4 Å². The molecule has 1 saturated carbocycles. The van der Waals surface area contributed by atoms with Crippen LogP contribution < -0.4 is 21.1 Å². The highest BCUT2D eigenvalue weighted by atomic mass is 19.3. The maximum atomic E-state index is 13.7. The SMILES string of the molecule is CC(Oc1ccc2ncc3c(c2c1)CCOC3)/C(C=NC1CCOC(CO)C1)=N/N.CC(Oc1ccc2ncc3c(c2c1)CCOC3)/C(N)=C/N(C(C)C)C1CCC(F)(F)C1. The minimum atomic E-state index is -2.59. The van der Waals surface area contributed by atoms with Gasteiger partial charge in [-0.05, 0) is 118 Å². The third-order valence-corrected chi connectivity index (χ3v) is 11.9. The zero-order valence-corrected chi connectivity index (χ0v) is 35.6. The molecular formula is C46H59F2N7O6. The molecule has 1 aliphatic carbocycles. The van der Waals surface area contributed by atoms with Gasteiger partial charge >= 0.3 is 0 Å². The van der Waals surface area contributed by atoms with Crippen molar-refractivity contribution in [2.24, 2.45) is 21.7 Å². The smallest absolute Gasteiger partial charge is 0.250 e. The van der Waals surface area contributed by atoms with E-state index in [-0.39, 0.29) is 49.8 Å². The number of rotatable bonds is 12. The first-order chi connectivity index (χ1) is 29.4. The normalized spacial score (nSPS) is 22.7. The molecule has 2 aromatic heterocycles. The molecule has 61 heavy (non-hydrogen) atoms. The Morgan fingerprint density at radius 2 is 1.52 bits per heavy atom. The fourth-order valence-corrected chi connectivity index (χ4v) is 8.45. The van der Waals surface area contributed by atoms with E-state index in [1.54, 1.807) is 12.4 Å². The molecule has 5 atom stereocenters. The first-order valence-corrected chi connectivity index (χ1v) is 21.4. The molecule has 5 N–H and O–H groups in total. The van der Waals surface area contributed by atoms with Crippen LogP contribution in [0.2, 0.25) is 0 Å². The summed E-state index contributed by atoms with van der Waals surface area (Å²) in [6.07, 6.45) is 9.84. The molecule has 15 heteroatoms. The zero-order chi connectivity index (χ0) is 43.1. The van der Waals surface area contributed by atoms with Gasteiger partial charge in [-0.1, -0.05) is 0 Å². The highest BCUT2D eigenvalue weighted by Crippen LogP contribution is 2.38. The minimum absolute atomic E-state index is 0.00994. The van der Waals surface area contributed by atoms with E-state index in [0.717, 1.165) is 64.6 Å². The summed E-state index contributed by atoms with van der Waals surface area (Å²) in [6, 6.07) is 11.7. The number of aliphatic imine (C=N–C) groups is 1. The van der Waals surface area contributed by atoms with Gasteiger partial charge in [0.15, 0.2) is 0 Å². The average molecular weight is 844 g/mol. The van der Waals surface area contributed by atoms with Crippen LogP contribution in [0.5, 0.6) is 11.5 Å². The van der Waals surface area contributed by atoms with Gasteiger partial charge in [0.1, 0.15) is 29.4 Å². The van der Waals surface area contributed by atoms with Crippen molar-refractivity contribution >= 4 is 33.7 Å². The summed E-state index contributed by atoms with van der Waals surface area (Å²) >= 11 is 0. The van der Waals surface area contributed by atoms with Gasteiger partial charge in [-0.3, -0.25) is 15.0 Å². The number of ether oxygens (including phenoxy) is 5. The molecule has 0 amide bonds. The third kappa shape index (κ3) is 10.9. The lowest BCUT2D eigenvalue weighted by atomic mass is 10.00. The van der Waals surface area contributed by atoms with Gasteiger partial charge in [0.25, 0.3) is 0 Å². The van der Waals surface area contributed by atoms with Crippen LogP contribution in [0, 0.1) is 0 Å². The van der Waals surface area contributed by atoms with E-state index >= 15 is 0 Å². The number of hydrogen-bond donors (Lipinski definition) is 3. The Kier molecular flexibility index (Phi) is 14.3. The quantitative estimate of drug-likeness (QED) is 0.0781. The standard InChI is InChI=1S/C24H31F2N3O2.C22H28N4O4/c1-15(2)29(18-6-8-24(25,26)11-18)13-22(27)16(3)31-19-4-5-23-21(10-19)20-7-9-30-14-17(20)12-28-23;1-14(22(26-23)11-24-16-4-7-29-18(8-16)12-27)30-17-2-3-21-20(9-17)19-5-6-28-13-15(19)10-25-21/h4-5,10,12-13,15-16,18H,6-9,11,14,27H2,1-3H3;2-3,9-11,14,16,18,27H,4-8,12-13,23H2,1H3/b22-13-;24-11?,26-22+. The van der Waals surface area contributed by atoms with Crippen LogP contribution in [-0.2, 0) is 40.3 Å². The van der Waals surface area contributed by atoms with Gasteiger partial charge in [-0.25, -0.2) is 8.78 Å². The van der Waals surface area contributed by atoms with Gasteiger partial charge in [0, 0.05) is 67.1 Å². The number of nitrogens with zero attached hydrogens (tertiary/aromatic N) is 5. The number of pyridine rings is 2. The predicted octanol–water partition coefficient (Wildman–Crippen LogP) is 6.77. The molecule has 5 unspecified atom stereocenters. The number of aromatic nitrogens is 2. The number of aliphatic hydroxyl groups excluding tert-OH is 1. The molecule has 8 rings (SSSR count). The Labute approximate surface area is 356 Å². The Balaban J connectivity index is 0.000000184. The number of nitrogens with two attached hydrogens (primary N) is 2. The molecule has 4 aromatic rings. The second-order valence-corrected chi connectivity index (χ2v) is 16.6. The van der Waals surface area contributed by atoms with Crippen molar-refractivity contribution in [1.29, 1.82) is 0 Å².